The van der Waals surface area contributed by atoms with Gasteiger partial charge >= 0.3 is 0 Å². The van der Waals surface area contributed by atoms with E-state index in [9.17, 15) is 5.11 Å². The Kier molecular flexibility index (Phi) is 6.11. The third-order valence-corrected chi connectivity index (χ3v) is 2.69. The van der Waals surface area contributed by atoms with Gasteiger partial charge in [0.1, 0.15) is 0 Å². The highest BCUT2D eigenvalue weighted by atomic mass is 35.5. The van der Waals surface area contributed by atoms with Crippen molar-refractivity contribution in [1.82, 2.24) is 5.32 Å². The number of hydrogen-bond donors (Lipinski definition) is 2. The normalized spacial score (nSPS) is 12.2. The van der Waals surface area contributed by atoms with Gasteiger partial charge in [-0.2, -0.15) is 0 Å². The van der Waals surface area contributed by atoms with Crippen molar-refractivity contribution in [2.45, 2.75) is 12.6 Å². The van der Waals surface area contributed by atoms with Gasteiger partial charge in [-0.25, -0.2) is 0 Å². The van der Waals surface area contributed by atoms with Crippen LogP contribution in [0.25, 0.3) is 0 Å². The summed E-state index contributed by atoms with van der Waals surface area (Å²) in [6.45, 7) is 1.12. The van der Waals surface area contributed by atoms with E-state index in [2.05, 4.69) is 5.32 Å². The zero-order chi connectivity index (χ0) is 12.7. The van der Waals surface area contributed by atoms with Crippen molar-refractivity contribution in [1.29, 1.82) is 0 Å². The third kappa shape index (κ3) is 4.42. The Morgan fingerprint density at radius 1 is 1.29 bits per heavy atom. The van der Waals surface area contributed by atoms with E-state index in [0.717, 1.165) is 5.56 Å². The Bertz CT molecular complexity index is 347. The molecule has 0 fully saturated rings. The van der Waals surface area contributed by atoms with E-state index in [0.29, 0.717) is 24.6 Å². The first-order valence-electron chi connectivity index (χ1n) is 5.37. The molecule has 0 heterocycles. The largest absolute Gasteiger partial charge is 0.493 e. The van der Waals surface area contributed by atoms with E-state index in [1.54, 1.807) is 14.2 Å². The van der Waals surface area contributed by atoms with Crippen LogP contribution in [0.2, 0.25) is 0 Å². The third-order valence-electron chi connectivity index (χ3n) is 2.34. The Balaban J connectivity index is 2.54. The number of rotatable bonds is 7. The van der Waals surface area contributed by atoms with Crippen molar-refractivity contribution in [3.05, 3.63) is 23.8 Å². The molecule has 0 aliphatic carbocycles. The van der Waals surface area contributed by atoms with Crippen molar-refractivity contribution in [2.75, 3.05) is 26.6 Å². The second-order valence-corrected chi connectivity index (χ2v) is 3.94. The minimum absolute atomic E-state index is 0.235. The van der Waals surface area contributed by atoms with Crippen LogP contribution in [0.3, 0.4) is 0 Å². The molecule has 0 saturated heterocycles. The summed E-state index contributed by atoms with van der Waals surface area (Å²) >= 11 is 5.49. The molecule has 0 aliphatic heterocycles. The first-order chi connectivity index (χ1) is 8.21. The summed E-state index contributed by atoms with van der Waals surface area (Å²) in [5.41, 5.74) is 1.06. The molecule has 1 rings (SSSR count). The molecular formula is C12H18ClNO3. The molecule has 2 N–H and O–H groups in total. The number of hydrogen-bond acceptors (Lipinski definition) is 4. The molecule has 1 aromatic rings. The number of nitrogens with one attached hydrogen (secondary N) is 1. The van der Waals surface area contributed by atoms with Crippen molar-refractivity contribution >= 4 is 11.6 Å². The van der Waals surface area contributed by atoms with E-state index in [-0.39, 0.29) is 5.88 Å². The van der Waals surface area contributed by atoms with Gasteiger partial charge in [0.25, 0.3) is 0 Å². The maximum Gasteiger partial charge on any atom is 0.161 e. The molecular weight excluding hydrogens is 242 g/mol. The van der Waals surface area contributed by atoms with Crippen molar-refractivity contribution < 1.29 is 14.6 Å². The van der Waals surface area contributed by atoms with E-state index in [1.807, 2.05) is 18.2 Å². The summed E-state index contributed by atoms with van der Waals surface area (Å²) in [4.78, 5) is 0. The highest BCUT2D eigenvalue weighted by Gasteiger charge is 2.05. The zero-order valence-electron chi connectivity index (χ0n) is 10.1. The van der Waals surface area contributed by atoms with Crippen molar-refractivity contribution in [2.24, 2.45) is 0 Å². The number of aliphatic hydroxyl groups is 1. The molecule has 5 heteroatoms. The summed E-state index contributed by atoms with van der Waals surface area (Å²) in [5, 5.41) is 12.4. The summed E-state index contributed by atoms with van der Waals surface area (Å²) in [6, 6.07) is 5.70. The molecule has 96 valence electrons. The number of aliphatic hydroxyl groups excluding tert-OH is 1. The number of benzene rings is 1. The average molecular weight is 260 g/mol. The van der Waals surface area contributed by atoms with Crippen LogP contribution in [0.4, 0.5) is 0 Å². The number of alkyl halides is 1. The molecule has 0 saturated carbocycles. The van der Waals surface area contributed by atoms with E-state index >= 15 is 0 Å². The second kappa shape index (κ2) is 7.37. The molecule has 1 atom stereocenters. The smallest absolute Gasteiger partial charge is 0.161 e. The highest BCUT2D eigenvalue weighted by molar-refractivity contribution is 6.18. The topological polar surface area (TPSA) is 50.7 Å². The average Bonchev–Trinajstić information content (AvgIpc) is 2.38. The standard InChI is InChI=1S/C12H18ClNO3/c1-16-11-4-3-9(5-12(11)17-2)7-14-8-10(15)6-13/h3-5,10,14-15H,6-8H2,1-2H3. The lowest BCUT2D eigenvalue weighted by atomic mass is 10.2. The van der Waals surface area contributed by atoms with Crippen LogP contribution in [0.1, 0.15) is 5.56 Å². The van der Waals surface area contributed by atoms with Gasteiger partial charge in [-0.1, -0.05) is 6.07 Å². The minimum Gasteiger partial charge on any atom is -0.493 e. The quantitative estimate of drug-likeness (QED) is 0.727. The zero-order valence-corrected chi connectivity index (χ0v) is 10.8. The molecule has 0 aromatic heterocycles. The molecule has 1 aromatic carbocycles. The van der Waals surface area contributed by atoms with Gasteiger partial charge in [0.05, 0.1) is 20.3 Å². The monoisotopic (exact) mass is 259 g/mol. The van der Waals surface area contributed by atoms with Gasteiger partial charge in [0.2, 0.25) is 0 Å². The van der Waals surface area contributed by atoms with Gasteiger partial charge in [0.15, 0.2) is 11.5 Å². The number of ether oxygens (including phenoxy) is 2. The fourth-order valence-corrected chi connectivity index (χ4v) is 1.54. The Hall–Kier alpha value is -0.970. The SMILES string of the molecule is COc1ccc(CNCC(O)CCl)cc1OC. The van der Waals surface area contributed by atoms with Gasteiger partial charge in [0, 0.05) is 19.0 Å². The first kappa shape index (κ1) is 14.1. The maximum atomic E-state index is 9.28. The highest BCUT2D eigenvalue weighted by Crippen LogP contribution is 2.27. The number of methoxy groups -OCH3 is 2. The van der Waals surface area contributed by atoms with Crippen molar-refractivity contribution in [3.63, 3.8) is 0 Å². The molecule has 0 bridgehead atoms. The lowest BCUT2D eigenvalue weighted by Gasteiger charge is -2.11. The predicted molar refractivity (Wildman–Crippen MR) is 68.0 cm³/mol. The van der Waals surface area contributed by atoms with Crippen LogP contribution in [0, 0.1) is 0 Å². The van der Waals surface area contributed by atoms with Gasteiger partial charge in [-0.15, -0.1) is 11.6 Å². The van der Waals surface area contributed by atoms with Crippen molar-refractivity contribution in [3.8, 4) is 11.5 Å². The molecule has 4 nitrogen and oxygen atoms in total. The predicted octanol–water partition coefficient (Wildman–Crippen LogP) is 1.39. The fraction of sp³-hybridized carbons (Fsp3) is 0.500. The fourth-order valence-electron chi connectivity index (χ4n) is 1.43. The van der Waals surface area contributed by atoms with E-state index in [1.165, 1.54) is 0 Å². The Labute approximate surface area is 106 Å². The minimum atomic E-state index is -0.517. The Morgan fingerprint density at radius 3 is 2.59 bits per heavy atom. The van der Waals surface area contributed by atoms with Crippen LogP contribution in [-0.2, 0) is 6.54 Å². The van der Waals surface area contributed by atoms with Crippen LogP contribution in [0.15, 0.2) is 18.2 Å². The molecule has 17 heavy (non-hydrogen) atoms. The summed E-state index contributed by atoms with van der Waals surface area (Å²) in [7, 11) is 3.21. The summed E-state index contributed by atoms with van der Waals surface area (Å²) in [6.07, 6.45) is -0.517. The number of halogens is 1. The molecule has 0 radical (unpaired) electrons. The lowest BCUT2D eigenvalue weighted by Crippen LogP contribution is -2.27. The molecule has 0 spiro atoms. The summed E-state index contributed by atoms with van der Waals surface area (Å²) < 4.78 is 10.4. The van der Waals surface area contributed by atoms with Crippen LogP contribution in [-0.4, -0.2) is 37.9 Å². The molecule has 1 unspecified atom stereocenters. The van der Waals surface area contributed by atoms with E-state index in [4.69, 9.17) is 21.1 Å². The Morgan fingerprint density at radius 2 is 2.00 bits per heavy atom. The van der Waals surface area contributed by atoms with Gasteiger partial charge in [-0.05, 0) is 17.7 Å². The molecule has 0 aliphatic rings. The summed E-state index contributed by atoms with van der Waals surface area (Å²) in [5.74, 6) is 1.64. The van der Waals surface area contributed by atoms with Crippen LogP contribution < -0.4 is 14.8 Å². The first-order valence-corrected chi connectivity index (χ1v) is 5.90. The van der Waals surface area contributed by atoms with Crippen LogP contribution in [0.5, 0.6) is 11.5 Å². The second-order valence-electron chi connectivity index (χ2n) is 3.63. The lowest BCUT2D eigenvalue weighted by molar-refractivity contribution is 0.194. The van der Waals surface area contributed by atoms with Gasteiger partial charge in [-0.3, -0.25) is 0 Å². The maximum absolute atomic E-state index is 9.28. The molecule has 0 amide bonds. The van der Waals surface area contributed by atoms with E-state index < -0.39 is 6.10 Å². The van der Waals surface area contributed by atoms with Gasteiger partial charge < -0.3 is 19.9 Å². The van der Waals surface area contributed by atoms with Crippen LogP contribution >= 0.6 is 11.6 Å².